The molecule has 28 heavy (non-hydrogen) atoms. The van der Waals surface area contributed by atoms with Crippen LogP contribution in [0.5, 0.6) is 0 Å². The molecular formula is C15H19Cl3O10. The van der Waals surface area contributed by atoms with Crippen LogP contribution in [0.15, 0.2) is 25.3 Å². The van der Waals surface area contributed by atoms with Crippen molar-refractivity contribution >= 4 is 58.3 Å². The monoisotopic (exact) mass is 464 g/mol. The van der Waals surface area contributed by atoms with E-state index in [1.54, 1.807) is 0 Å². The van der Waals surface area contributed by atoms with Gasteiger partial charge in [-0.25, -0.2) is 14.4 Å². The van der Waals surface area contributed by atoms with E-state index < -0.39 is 35.7 Å². The Morgan fingerprint density at radius 2 is 1.50 bits per heavy atom. The molecule has 0 bridgehead atoms. The second-order valence-corrected chi connectivity index (χ2v) is 5.41. The van der Waals surface area contributed by atoms with E-state index in [1.807, 2.05) is 0 Å². The first-order chi connectivity index (χ1) is 13.2. The number of carbonyl (C=O) groups excluding carboxylic acids is 4. The molecule has 2 unspecified atom stereocenters. The average molecular weight is 466 g/mol. The summed E-state index contributed by atoms with van der Waals surface area (Å²) >= 11 is 14.2. The Kier molecular flexibility index (Phi) is 18.5. The normalized spacial score (nSPS) is 18.6. The average Bonchev–Trinajstić information content (AvgIpc) is 3.29. The molecule has 2 aliphatic heterocycles. The van der Waals surface area contributed by atoms with Crippen LogP contribution in [0, 0.1) is 0 Å². The molecular weight excluding hydrogens is 447 g/mol. The van der Waals surface area contributed by atoms with E-state index in [0.29, 0.717) is 0 Å². The van der Waals surface area contributed by atoms with E-state index >= 15 is 0 Å². The summed E-state index contributed by atoms with van der Waals surface area (Å²) in [6.07, 6.45) is -0.262. The Hall–Kier alpha value is -2.01. The van der Waals surface area contributed by atoms with Gasteiger partial charge in [0.25, 0.3) is 0 Å². The van der Waals surface area contributed by atoms with E-state index in [4.69, 9.17) is 39.9 Å². The van der Waals surface area contributed by atoms with Crippen molar-refractivity contribution in [3.63, 3.8) is 0 Å². The van der Waals surface area contributed by atoms with Gasteiger partial charge in [0.2, 0.25) is 5.24 Å². The van der Waals surface area contributed by atoms with Gasteiger partial charge in [-0.2, -0.15) is 0 Å². The van der Waals surface area contributed by atoms with Crippen LogP contribution in [0.3, 0.4) is 0 Å². The molecule has 2 aliphatic rings. The van der Waals surface area contributed by atoms with Crippen molar-refractivity contribution in [2.24, 2.45) is 0 Å². The molecule has 0 aromatic carbocycles. The first-order valence-electron chi connectivity index (χ1n) is 7.24. The minimum Gasteiger partial charge on any atom is -0.458 e. The molecule has 0 aromatic rings. The van der Waals surface area contributed by atoms with Crippen molar-refractivity contribution in [2.75, 3.05) is 31.8 Å². The number of rotatable bonds is 5. The van der Waals surface area contributed by atoms with Gasteiger partial charge in [0.1, 0.15) is 19.8 Å². The summed E-state index contributed by atoms with van der Waals surface area (Å²) in [5.74, 6) is -0.544. The van der Waals surface area contributed by atoms with Gasteiger partial charge >= 0.3 is 18.3 Å². The second kappa shape index (κ2) is 18.4. The van der Waals surface area contributed by atoms with Crippen LogP contribution >= 0.6 is 34.8 Å². The number of hydrogen-bond donors (Lipinski definition) is 1. The highest BCUT2D eigenvalue weighted by molar-refractivity contribution is 6.66. The maximum Gasteiger partial charge on any atom is 0.508 e. The number of alkyl halides is 2. The van der Waals surface area contributed by atoms with Crippen molar-refractivity contribution in [3.05, 3.63) is 25.3 Å². The predicted octanol–water partition coefficient (Wildman–Crippen LogP) is 2.12. The molecule has 0 saturated carbocycles. The fourth-order valence-corrected chi connectivity index (χ4v) is 1.14. The molecule has 1 N–H and O–H groups in total. The minimum atomic E-state index is -0.727. The molecule has 0 radical (unpaired) electrons. The molecule has 2 rings (SSSR count). The van der Waals surface area contributed by atoms with Crippen molar-refractivity contribution < 1.29 is 48.0 Å². The number of hydrogen-bond acceptors (Lipinski definition) is 10. The van der Waals surface area contributed by atoms with Crippen molar-refractivity contribution in [2.45, 2.75) is 12.2 Å². The number of halogens is 3. The topological polar surface area (TPSA) is 135 Å². The number of ether oxygens (including phenoxy) is 5. The molecule has 13 heteroatoms. The summed E-state index contributed by atoms with van der Waals surface area (Å²) in [6.45, 7) is 6.44. The number of carbonyl (C=O) groups is 4. The fourth-order valence-electron chi connectivity index (χ4n) is 1.14. The van der Waals surface area contributed by atoms with Gasteiger partial charge in [0, 0.05) is 6.08 Å². The van der Waals surface area contributed by atoms with Gasteiger partial charge in [0.15, 0.2) is 12.2 Å². The first-order valence-corrected chi connectivity index (χ1v) is 8.69. The maximum absolute atomic E-state index is 10.5. The molecule has 2 saturated heterocycles. The quantitative estimate of drug-likeness (QED) is 0.211. The predicted molar refractivity (Wildman–Crippen MR) is 98.3 cm³/mol. The Bertz CT molecular complexity index is 526. The van der Waals surface area contributed by atoms with Crippen LogP contribution in [0.25, 0.3) is 0 Å². The van der Waals surface area contributed by atoms with Crippen LogP contribution in [-0.4, -0.2) is 72.6 Å². The molecule has 0 spiro atoms. The van der Waals surface area contributed by atoms with Gasteiger partial charge < -0.3 is 28.8 Å². The molecule has 2 heterocycles. The van der Waals surface area contributed by atoms with Crippen LogP contribution in [0.2, 0.25) is 0 Å². The van der Waals surface area contributed by atoms with Gasteiger partial charge in [-0.1, -0.05) is 13.2 Å². The number of aliphatic hydroxyl groups is 1. The second-order valence-electron chi connectivity index (χ2n) is 4.23. The smallest absolute Gasteiger partial charge is 0.458 e. The molecule has 0 amide bonds. The Balaban J connectivity index is 0. The van der Waals surface area contributed by atoms with Crippen LogP contribution in [-0.2, 0) is 33.3 Å². The molecule has 2 fully saturated rings. The van der Waals surface area contributed by atoms with Gasteiger partial charge in [-0.15, -0.1) is 23.2 Å². The van der Waals surface area contributed by atoms with Crippen LogP contribution in [0.4, 0.5) is 9.59 Å². The van der Waals surface area contributed by atoms with E-state index in [2.05, 4.69) is 36.8 Å². The zero-order chi connectivity index (χ0) is 21.9. The van der Waals surface area contributed by atoms with Crippen molar-refractivity contribution in [1.82, 2.24) is 0 Å². The summed E-state index contributed by atoms with van der Waals surface area (Å²) in [7, 11) is 0. The Morgan fingerprint density at radius 1 is 1.07 bits per heavy atom. The lowest BCUT2D eigenvalue weighted by atomic mass is 10.4. The third kappa shape index (κ3) is 17.4. The fraction of sp³-hybridized carbons (Fsp3) is 0.467. The third-order valence-electron chi connectivity index (χ3n) is 2.24. The van der Waals surface area contributed by atoms with Gasteiger partial charge in [-0.3, -0.25) is 4.79 Å². The van der Waals surface area contributed by atoms with Crippen molar-refractivity contribution in [1.29, 1.82) is 0 Å². The van der Waals surface area contributed by atoms with Crippen molar-refractivity contribution in [3.8, 4) is 0 Å². The van der Waals surface area contributed by atoms with E-state index in [9.17, 15) is 19.2 Å². The van der Waals surface area contributed by atoms with Gasteiger partial charge in [0.05, 0.1) is 11.9 Å². The lowest BCUT2D eigenvalue weighted by Crippen LogP contribution is -2.19. The van der Waals surface area contributed by atoms with E-state index in [0.717, 1.165) is 12.2 Å². The summed E-state index contributed by atoms with van der Waals surface area (Å²) in [4.78, 5) is 40.4. The summed E-state index contributed by atoms with van der Waals surface area (Å²) in [6, 6.07) is 0. The highest BCUT2D eigenvalue weighted by Crippen LogP contribution is 2.06. The van der Waals surface area contributed by atoms with E-state index in [-0.39, 0.29) is 31.8 Å². The summed E-state index contributed by atoms with van der Waals surface area (Å²) in [5.41, 5.74) is 0. The van der Waals surface area contributed by atoms with Crippen LogP contribution in [0.1, 0.15) is 0 Å². The molecule has 10 nitrogen and oxygen atoms in total. The number of esters is 1. The molecule has 0 aromatic heterocycles. The number of cyclic esters (lactones) is 4. The molecule has 160 valence electrons. The largest absolute Gasteiger partial charge is 0.508 e. The third-order valence-corrected chi connectivity index (χ3v) is 2.40. The minimum absolute atomic E-state index is 0.0105. The maximum atomic E-state index is 10.5. The Morgan fingerprint density at radius 3 is 1.75 bits per heavy atom. The lowest BCUT2D eigenvalue weighted by molar-refractivity contribution is -0.140. The lowest BCUT2D eigenvalue weighted by Gasteiger charge is -2.04. The van der Waals surface area contributed by atoms with Gasteiger partial charge in [-0.05, 0) is 17.7 Å². The van der Waals surface area contributed by atoms with Crippen LogP contribution < -0.4 is 0 Å². The summed E-state index contributed by atoms with van der Waals surface area (Å²) < 4.78 is 22.4. The molecule has 2 atom stereocenters. The van der Waals surface area contributed by atoms with E-state index in [1.165, 1.54) is 0 Å². The number of allylic oxidation sites excluding steroid dienone is 1. The summed E-state index contributed by atoms with van der Waals surface area (Å²) in [5, 5.41) is 8.01. The highest BCUT2D eigenvalue weighted by atomic mass is 35.5. The SMILES string of the molecule is C=CC(=O)Cl.C=CC(=O)OCC1COC(=O)O1.ClCCl.O=C1OCC(CO)O1. The standard InChI is InChI=1S/C7H8O5.C4H6O4.C3H3ClO.CH2Cl2/c1-2-6(8)10-3-5-4-11-7(9)12-5;5-1-3-2-7-4(6)8-3;1-2-3(4)5;2-1-3/h2,5H,1,3-4H2;3,5H,1-2H2;2H,1H2;1H2. The molecule has 0 aliphatic carbocycles. The Labute approximate surface area is 175 Å². The first kappa shape index (κ1) is 28.2. The number of aliphatic hydroxyl groups excluding tert-OH is 1. The highest BCUT2D eigenvalue weighted by Gasteiger charge is 2.25. The zero-order valence-electron chi connectivity index (χ0n) is 14.5. The zero-order valence-corrected chi connectivity index (χ0v) is 16.8.